The van der Waals surface area contributed by atoms with E-state index in [0.29, 0.717) is 19.6 Å². The zero-order chi connectivity index (χ0) is 18.6. The van der Waals surface area contributed by atoms with Gasteiger partial charge in [-0.3, -0.25) is 5.10 Å². The lowest BCUT2D eigenvalue weighted by molar-refractivity contribution is 0.199. The molecule has 0 atom stereocenters. The molecule has 0 aliphatic carbocycles. The number of nitrogens with one attached hydrogen (secondary N) is 2. The van der Waals surface area contributed by atoms with Gasteiger partial charge in [-0.05, 0) is 24.1 Å². The van der Waals surface area contributed by atoms with Gasteiger partial charge in [0.25, 0.3) is 0 Å². The second kappa shape index (κ2) is 7.61. The molecule has 4 rings (SSSR count). The molecule has 1 aliphatic rings. The van der Waals surface area contributed by atoms with Crippen LogP contribution < -0.4 is 5.32 Å². The molecule has 0 bridgehead atoms. The van der Waals surface area contributed by atoms with E-state index in [1.807, 2.05) is 35.2 Å². The van der Waals surface area contributed by atoms with Crippen molar-refractivity contribution in [3.05, 3.63) is 77.2 Å². The topological polar surface area (TPSA) is 61.0 Å². The summed E-state index contributed by atoms with van der Waals surface area (Å²) in [7, 11) is 0. The SMILES string of the molecule is O=C(NCc1cccc(F)c1)N1CCc2[nH]nc(-c3ccccc3)c2CC1. The van der Waals surface area contributed by atoms with Crippen molar-refractivity contribution in [2.24, 2.45) is 0 Å². The Morgan fingerprint density at radius 3 is 2.74 bits per heavy atom. The van der Waals surface area contributed by atoms with Gasteiger partial charge >= 0.3 is 6.03 Å². The summed E-state index contributed by atoms with van der Waals surface area (Å²) in [5, 5.41) is 10.5. The van der Waals surface area contributed by atoms with Crippen molar-refractivity contribution >= 4 is 6.03 Å². The predicted octanol–water partition coefficient (Wildman–Crippen LogP) is 3.53. The van der Waals surface area contributed by atoms with Gasteiger partial charge in [0, 0.05) is 42.9 Å². The Labute approximate surface area is 157 Å². The van der Waals surface area contributed by atoms with E-state index in [1.165, 1.54) is 17.7 Å². The normalized spacial score (nSPS) is 13.7. The van der Waals surface area contributed by atoms with Crippen LogP contribution in [-0.2, 0) is 19.4 Å². The van der Waals surface area contributed by atoms with E-state index >= 15 is 0 Å². The van der Waals surface area contributed by atoms with Crippen LogP contribution in [0.1, 0.15) is 16.8 Å². The third-order valence-electron chi connectivity index (χ3n) is 4.88. The van der Waals surface area contributed by atoms with E-state index in [1.54, 1.807) is 12.1 Å². The Hall–Kier alpha value is -3.15. The minimum atomic E-state index is -0.295. The lowest BCUT2D eigenvalue weighted by Crippen LogP contribution is -2.41. The molecule has 2 aromatic carbocycles. The summed E-state index contributed by atoms with van der Waals surface area (Å²) in [6, 6.07) is 16.2. The standard InChI is InChI=1S/C21H21FN4O/c22-17-8-4-5-15(13-17)14-23-21(27)26-11-9-18-19(10-12-26)24-25-20(18)16-6-2-1-3-7-16/h1-8,13H,9-12,14H2,(H,23,27)(H,24,25). The monoisotopic (exact) mass is 364 g/mol. The van der Waals surface area contributed by atoms with Gasteiger partial charge in [0.2, 0.25) is 0 Å². The van der Waals surface area contributed by atoms with Crippen molar-refractivity contribution in [3.8, 4) is 11.3 Å². The van der Waals surface area contributed by atoms with Gasteiger partial charge in [-0.15, -0.1) is 0 Å². The molecule has 3 aromatic rings. The lowest BCUT2D eigenvalue weighted by atomic mass is 10.0. The summed E-state index contributed by atoms with van der Waals surface area (Å²) in [5.74, 6) is -0.295. The number of carbonyl (C=O) groups excluding carboxylic acids is 1. The van der Waals surface area contributed by atoms with Crippen LogP contribution in [0.15, 0.2) is 54.6 Å². The highest BCUT2D eigenvalue weighted by molar-refractivity contribution is 5.74. The molecule has 0 radical (unpaired) electrons. The van der Waals surface area contributed by atoms with Crippen LogP contribution in [0.4, 0.5) is 9.18 Å². The smallest absolute Gasteiger partial charge is 0.317 e. The van der Waals surface area contributed by atoms with Crippen LogP contribution in [0.5, 0.6) is 0 Å². The highest BCUT2D eigenvalue weighted by Crippen LogP contribution is 2.26. The summed E-state index contributed by atoms with van der Waals surface area (Å²) >= 11 is 0. The summed E-state index contributed by atoms with van der Waals surface area (Å²) < 4.78 is 13.3. The average Bonchev–Trinajstić information content (AvgIpc) is 2.98. The van der Waals surface area contributed by atoms with Crippen molar-refractivity contribution < 1.29 is 9.18 Å². The maximum Gasteiger partial charge on any atom is 0.317 e. The number of hydrogen-bond donors (Lipinski definition) is 2. The lowest BCUT2D eigenvalue weighted by Gasteiger charge is -2.21. The summed E-state index contributed by atoms with van der Waals surface area (Å²) in [6.07, 6.45) is 1.49. The first kappa shape index (κ1) is 17.3. The molecule has 0 spiro atoms. The van der Waals surface area contributed by atoms with Gasteiger partial charge in [0.1, 0.15) is 5.82 Å². The molecule has 138 valence electrons. The third-order valence-corrected chi connectivity index (χ3v) is 4.88. The van der Waals surface area contributed by atoms with Gasteiger partial charge in [-0.1, -0.05) is 42.5 Å². The number of amides is 2. The van der Waals surface area contributed by atoms with Crippen LogP contribution in [0, 0.1) is 5.82 Å². The van der Waals surface area contributed by atoms with Crippen molar-refractivity contribution in [3.63, 3.8) is 0 Å². The van der Waals surface area contributed by atoms with Gasteiger partial charge in [-0.25, -0.2) is 9.18 Å². The van der Waals surface area contributed by atoms with Crippen molar-refractivity contribution in [1.29, 1.82) is 0 Å². The molecular weight excluding hydrogens is 343 g/mol. The first-order valence-corrected chi connectivity index (χ1v) is 9.09. The number of carbonyl (C=O) groups is 1. The molecule has 2 amide bonds. The maximum absolute atomic E-state index is 13.3. The van der Waals surface area contributed by atoms with Crippen molar-refractivity contribution in [1.82, 2.24) is 20.4 Å². The first-order valence-electron chi connectivity index (χ1n) is 9.09. The summed E-state index contributed by atoms with van der Waals surface area (Å²) in [4.78, 5) is 14.3. The molecule has 0 fully saturated rings. The Morgan fingerprint density at radius 2 is 1.93 bits per heavy atom. The van der Waals surface area contributed by atoms with E-state index in [4.69, 9.17) is 0 Å². The van der Waals surface area contributed by atoms with Gasteiger partial charge in [0.05, 0.1) is 5.69 Å². The minimum Gasteiger partial charge on any atom is -0.334 e. The van der Waals surface area contributed by atoms with Crippen LogP contribution in [0.25, 0.3) is 11.3 Å². The fourth-order valence-electron chi connectivity index (χ4n) is 3.46. The Balaban J connectivity index is 1.41. The van der Waals surface area contributed by atoms with Crippen molar-refractivity contribution in [2.75, 3.05) is 13.1 Å². The molecule has 0 saturated heterocycles. The van der Waals surface area contributed by atoms with E-state index in [0.717, 1.165) is 35.4 Å². The first-order chi connectivity index (χ1) is 13.2. The number of H-pyrrole nitrogens is 1. The number of benzene rings is 2. The Bertz CT molecular complexity index is 938. The fourth-order valence-corrected chi connectivity index (χ4v) is 3.46. The van der Waals surface area contributed by atoms with Gasteiger partial charge in [0.15, 0.2) is 0 Å². The molecule has 6 heteroatoms. The Kier molecular flexibility index (Phi) is 4.87. The number of nitrogens with zero attached hydrogens (tertiary/aromatic N) is 2. The van der Waals surface area contributed by atoms with Crippen LogP contribution in [-0.4, -0.2) is 34.2 Å². The minimum absolute atomic E-state index is 0.126. The third kappa shape index (κ3) is 3.84. The molecular formula is C21H21FN4O. The summed E-state index contributed by atoms with van der Waals surface area (Å²) in [6.45, 7) is 1.56. The van der Waals surface area contributed by atoms with E-state index < -0.39 is 0 Å². The highest BCUT2D eigenvalue weighted by Gasteiger charge is 2.22. The Morgan fingerprint density at radius 1 is 1.11 bits per heavy atom. The van der Waals surface area contributed by atoms with E-state index in [9.17, 15) is 9.18 Å². The molecule has 5 nitrogen and oxygen atoms in total. The van der Waals surface area contributed by atoms with E-state index in [2.05, 4.69) is 15.5 Å². The van der Waals surface area contributed by atoms with E-state index in [-0.39, 0.29) is 11.8 Å². The number of urea groups is 1. The second-order valence-corrected chi connectivity index (χ2v) is 6.67. The van der Waals surface area contributed by atoms with Gasteiger partial charge in [-0.2, -0.15) is 5.10 Å². The average molecular weight is 364 g/mol. The zero-order valence-corrected chi connectivity index (χ0v) is 14.9. The predicted molar refractivity (Wildman–Crippen MR) is 102 cm³/mol. The molecule has 2 N–H and O–H groups in total. The molecule has 1 aliphatic heterocycles. The molecule has 2 heterocycles. The molecule has 0 saturated carbocycles. The fraction of sp³-hybridized carbons (Fsp3) is 0.238. The van der Waals surface area contributed by atoms with Crippen LogP contribution in [0.3, 0.4) is 0 Å². The molecule has 27 heavy (non-hydrogen) atoms. The number of aromatic amines is 1. The number of fused-ring (bicyclic) bond motifs is 1. The van der Waals surface area contributed by atoms with Crippen molar-refractivity contribution in [2.45, 2.75) is 19.4 Å². The van der Waals surface area contributed by atoms with Gasteiger partial charge < -0.3 is 10.2 Å². The second-order valence-electron chi connectivity index (χ2n) is 6.67. The molecule has 0 unspecified atom stereocenters. The largest absolute Gasteiger partial charge is 0.334 e. The maximum atomic E-state index is 13.3. The number of hydrogen-bond acceptors (Lipinski definition) is 2. The van der Waals surface area contributed by atoms with Crippen LogP contribution >= 0.6 is 0 Å². The number of halogens is 1. The number of aromatic nitrogens is 2. The summed E-state index contributed by atoms with van der Waals surface area (Å²) in [5.41, 5.74) is 5.07. The zero-order valence-electron chi connectivity index (χ0n) is 14.9. The quantitative estimate of drug-likeness (QED) is 0.747. The van der Waals surface area contributed by atoms with Crippen LogP contribution in [0.2, 0.25) is 0 Å². The number of rotatable bonds is 3. The molecule has 1 aromatic heterocycles. The highest BCUT2D eigenvalue weighted by atomic mass is 19.1.